The third kappa shape index (κ3) is 5.74. The molecule has 2 aliphatic rings. The molecule has 0 aromatic rings. The van der Waals surface area contributed by atoms with Crippen molar-refractivity contribution in [3.05, 3.63) is 12.2 Å². The molecule has 29 heavy (non-hydrogen) atoms. The summed E-state index contributed by atoms with van der Waals surface area (Å²) in [5.74, 6) is 0.971. The predicted octanol–water partition coefficient (Wildman–Crippen LogP) is 6.12. The van der Waals surface area contributed by atoms with E-state index in [4.69, 9.17) is 9.16 Å². The Morgan fingerprint density at radius 2 is 1.90 bits per heavy atom. The quantitative estimate of drug-likeness (QED) is 0.194. The molecule has 0 aromatic carbocycles. The number of hydrogen-bond acceptors (Lipinski definition) is 4. The van der Waals surface area contributed by atoms with Crippen LogP contribution in [-0.4, -0.2) is 40.7 Å². The van der Waals surface area contributed by atoms with Crippen molar-refractivity contribution in [2.75, 3.05) is 20.3 Å². The molecule has 2 fully saturated rings. The minimum atomic E-state index is -1.76. The molecule has 0 bridgehead atoms. The van der Waals surface area contributed by atoms with Gasteiger partial charge in [-0.15, -0.1) is 0 Å². The second kappa shape index (κ2) is 9.65. The van der Waals surface area contributed by atoms with Crippen LogP contribution in [0.1, 0.15) is 72.6 Å². The van der Waals surface area contributed by atoms with Gasteiger partial charge >= 0.3 is 5.97 Å². The van der Waals surface area contributed by atoms with Gasteiger partial charge in [0.05, 0.1) is 13.7 Å². The normalized spacial score (nSPS) is 30.1. The van der Waals surface area contributed by atoms with E-state index in [0.717, 1.165) is 0 Å². The van der Waals surface area contributed by atoms with Gasteiger partial charge in [-0.25, -0.2) is 0 Å². The zero-order valence-electron chi connectivity index (χ0n) is 19.9. The largest absolute Gasteiger partial charge is 0.469 e. The van der Waals surface area contributed by atoms with Crippen LogP contribution in [0.25, 0.3) is 0 Å². The van der Waals surface area contributed by atoms with Crippen molar-refractivity contribution in [3.63, 3.8) is 0 Å². The third-order valence-electron chi connectivity index (χ3n) is 7.99. The van der Waals surface area contributed by atoms with E-state index in [1.54, 1.807) is 0 Å². The molecule has 0 N–H and O–H groups in total. The van der Waals surface area contributed by atoms with Gasteiger partial charge in [0, 0.05) is 19.1 Å². The summed E-state index contributed by atoms with van der Waals surface area (Å²) in [5.41, 5.74) is 1.50. The van der Waals surface area contributed by atoms with Gasteiger partial charge in [-0.3, -0.25) is 4.79 Å². The fraction of sp³-hybridized carbons (Fsp3) is 0.875. The lowest BCUT2D eigenvalue weighted by Gasteiger charge is -2.49. The number of ether oxygens (including phenoxy) is 2. The predicted molar refractivity (Wildman–Crippen MR) is 121 cm³/mol. The van der Waals surface area contributed by atoms with Crippen molar-refractivity contribution < 1.29 is 18.7 Å². The van der Waals surface area contributed by atoms with E-state index in [-0.39, 0.29) is 16.4 Å². The monoisotopic (exact) mass is 424 g/mol. The number of fused-ring (bicyclic) bond motifs is 1. The molecule has 4 nitrogen and oxygen atoms in total. The first-order chi connectivity index (χ1) is 13.4. The Morgan fingerprint density at radius 3 is 2.52 bits per heavy atom. The van der Waals surface area contributed by atoms with Crippen molar-refractivity contribution in [1.82, 2.24) is 0 Å². The molecular weight excluding hydrogens is 380 g/mol. The van der Waals surface area contributed by atoms with Crippen LogP contribution in [0.3, 0.4) is 0 Å². The summed E-state index contributed by atoms with van der Waals surface area (Å²) in [5, 5.41) is 0.250. The van der Waals surface area contributed by atoms with E-state index in [1.807, 2.05) is 0 Å². The maximum Gasteiger partial charge on any atom is 0.305 e. The highest BCUT2D eigenvalue weighted by Gasteiger charge is 2.53. The summed E-state index contributed by atoms with van der Waals surface area (Å²) in [6.45, 7) is 19.8. The third-order valence-corrected chi connectivity index (χ3v) is 12.5. The van der Waals surface area contributed by atoms with Crippen LogP contribution in [0.2, 0.25) is 18.1 Å². The molecule has 2 aliphatic carbocycles. The van der Waals surface area contributed by atoms with Gasteiger partial charge < -0.3 is 13.9 Å². The number of carbonyl (C=O) groups excluding carboxylic acids is 1. The van der Waals surface area contributed by atoms with E-state index in [0.29, 0.717) is 44.0 Å². The summed E-state index contributed by atoms with van der Waals surface area (Å²) in [4.78, 5) is 11.2. The van der Waals surface area contributed by atoms with E-state index in [1.165, 1.54) is 44.8 Å². The molecule has 2 rings (SSSR count). The second-order valence-electron chi connectivity index (χ2n) is 10.9. The molecule has 4 atom stereocenters. The molecule has 168 valence electrons. The molecule has 0 amide bonds. The molecule has 0 spiro atoms. The summed E-state index contributed by atoms with van der Waals surface area (Å²) >= 11 is 0. The zero-order chi connectivity index (χ0) is 21.9. The lowest BCUT2D eigenvalue weighted by Crippen LogP contribution is -2.50. The van der Waals surface area contributed by atoms with Crippen molar-refractivity contribution in [2.45, 2.75) is 96.9 Å². The number of hydrogen-bond donors (Lipinski definition) is 0. The molecule has 5 heteroatoms. The van der Waals surface area contributed by atoms with E-state index >= 15 is 0 Å². The van der Waals surface area contributed by atoms with Gasteiger partial charge in [-0.1, -0.05) is 40.7 Å². The van der Waals surface area contributed by atoms with Crippen LogP contribution in [0.4, 0.5) is 0 Å². The Kier molecular flexibility index (Phi) is 8.19. The molecular formula is C24H44O4Si. The van der Waals surface area contributed by atoms with Crippen molar-refractivity contribution in [1.29, 1.82) is 0 Å². The lowest BCUT2D eigenvalue weighted by atomic mass is 9.63. The Hall–Kier alpha value is -0.653. The van der Waals surface area contributed by atoms with Gasteiger partial charge in [0.2, 0.25) is 0 Å². The molecule has 0 heterocycles. The fourth-order valence-electron chi connectivity index (χ4n) is 5.21. The van der Waals surface area contributed by atoms with E-state index < -0.39 is 8.32 Å². The summed E-state index contributed by atoms with van der Waals surface area (Å²) in [6.07, 6.45) is 7.66. The summed E-state index contributed by atoms with van der Waals surface area (Å²) < 4.78 is 17.5. The Bertz CT molecular complexity index is 580. The van der Waals surface area contributed by atoms with Crippen molar-refractivity contribution >= 4 is 14.3 Å². The maximum absolute atomic E-state index is 11.2. The second-order valence-corrected chi connectivity index (χ2v) is 15.7. The molecule has 0 radical (unpaired) electrons. The summed E-state index contributed by atoms with van der Waals surface area (Å²) in [7, 11) is -0.337. The molecule has 0 unspecified atom stereocenters. The molecule has 0 aromatic heterocycles. The Balaban J connectivity index is 1.93. The first-order valence-corrected chi connectivity index (χ1v) is 14.3. The standard InChI is InChI=1S/C24H44O4Si/c1-18(17-27-16-10-12-22(25)26-6)19-13-14-20-21(11-9-15-24(19,20)5)28-29(7,8)23(2,3)4/h19-21H,1,9-17H2,2-8H3/t19-,20+,21+,24-/m1/s1. The van der Waals surface area contributed by atoms with Gasteiger partial charge in [0.15, 0.2) is 8.32 Å². The lowest BCUT2D eigenvalue weighted by molar-refractivity contribution is -0.140. The highest BCUT2D eigenvalue weighted by atomic mass is 28.4. The Labute approximate surface area is 179 Å². The van der Waals surface area contributed by atoms with Gasteiger partial charge in [-0.05, 0) is 73.1 Å². The SMILES string of the molecule is C=C(COCCCC(=O)OC)[C@H]1CC[C@H]2[C@@H](O[Si](C)(C)C(C)(C)C)CCC[C@]12C. The van der Waals surface area contributed by atoms with Crippen molar-refractivity contribution in [3.8, 4) is 0 Å². The van der Waals surface area contributed by atoms with Crippen LogP contribution in [0.15, 0.2) is 12.2 Å². The highest BCUT2D eigenvalue weighted by molar-refractivity contribution is 6.74. The van der Waals surface area contributed by atoms with Crippen LogP contribution < -0.4 is 0 Å². The number of esters is 1. The van der Waals surface area contributed by atoms with E-state index in [9.17, 15) is 4.79 Å². The first-order valence-electron chi connectivity index (χ1n) is 11.4. The Morgan fingerprint density at radius 1 is 1.21 bits per heavy atom. The zero-order valence-corrected chi connectivity index (χ0v) is 20.9. The van der Waals surface area contributed by atoms with E-state index in [2.05, 4.69) is 52.1 Å². The average Bonchev–Trinajstić information content (AvgIpc) is 2.98. The highest BCUT2D eigenvalue weighted by Crippen LogP contribution is 2.58. The first kappa shape index (κ1) is 24.6. The molecule has 0 aliphatic heterocycles. The number of carbonyl (C=O) groups is 1. The minimum Gasteiger partial charge on any atom is -0.469 e. The van der Waals surface area contributed by atoms with Gasteiger partial charge in [0.25, 0.3) is 0 Å². The fourth-order valence-corrected chi connectivity index (χ4v) is 6.60. The number of methoxy groups -OCH3 is 1. The van der Waals surface area contributed by atoms with Crippen LogP contribution in [0.5, 0.6) is 0 Å². The van der Waals surface area contributed by atoms with Gasteiger partial charge in [0.1, 0.15) is 0 Å². The summed E-state index contributed by atoms with van der Waals surface area (Å²) in [6, 6.07) is 0. The van der Waals surface area contributed by atoms with Crippen LogP contribution in [-0.2, 0) is 18.7 Å². The average molecular weight is 425 g/mol. The van der Waals surface area contributed by atoms with Gasteiger partial charge in [-0.2, -0.15) is 0 Å². The maximum atomic E-state index is 11.2. The minimum absolute atomic E-state index is 0.173. The molecule has 2 saturated carbocycles. The topological polar surface area (TPSA) is 44.8 Å². The molecule has 0 saturated heterocycles. The number of rotatable bonds is 9. The van der Waals surface area contributed by atoms with Crippen LogP contribution >= 0.6 is 0 Å². The smallest absolute Gasteiger partial charge is 0.305 e. The van der Waals surface area contributed by atoms with Crippen LogP contribution in [0, 0.1) is 17.3 Å². The van der Waals surface area contributed by atoms with Crippen molar-refractivity contribution in [2.24, 2.45) is 17.3 Å².